The Balaban J connectivity index is 1.99. The minimum atomic E-state index is -0.0164. The Kier molecular flexibility index (Phi) is 5.02. The second-order valence-corrected chi connectivity index (χ2v) is 6.43. The zero-order valence-electron chi connectivity index (χ0n) is 12.2. The lowest BCUT2D eigenvalue weighted by atomic mass is 10.0. The Morgan fingerprint density at radius 2 is 1.75 bits per heavy atom. The third kappa shape index (κ3) is 3.73. The molecule has 0 heterocycles. The van der Waals surface area contributed by atoms with Gasteiger partial charge in [0.2, 0.25) is 0 Å². The van der Waals surface area contributed by atoms with Crippen molar-refractivity contribution in [3.63, 3.8) is 0 Å². The summed E-state index contributed by atoms with van der Waals surface area (Å²) in [7, 11) is 0. The first-order chi connectivity index (χ1) is 9.58. The predicted octanol–water partition coefficient (Wildman–Crippen LogP) is 4.81. The molecule has 0 aliphatic heterocycles. The van der Waals surface area contributed by atoms with Crippen molar-refractivity contribution in [1.29, 1.82) is 0 Å². The van der Waals surface area contributed by atoms with Crippen LogP contribution >= 0.6 is 11.8 Å². The average Bonchev–Trinajstić information content (AvgIpc) is 2.48. The van der Waals surface area contributed by atoms with Crippen molar-refractivity contribution in [2.45, 2.75) is 31.8 Å². The highest BCUT2D eigenvalue weighted by atomic mass is 32.2. The summed E-state index contributed by atoms with van der Waals surface area (Å²) in [5.41, 5.74) is 4.49. The first kappa shape index (κ1) is 14.9. The molecule has 0 N–H and O–H groups in total. The molecule has 1 unspecified atom stereocenters. The third-order valence-electron chi connectivity index (χ3n) is 3.50. The molecule has 104 valence electrons. The van der Waals surface area contributed by atoms with Crippen molar-refractivity contribution in [2.75, 3.05) is 0 Å². The summed E-state index contributed by atoms with van der Waals surface area (Å²) < 4.78 is 0. The van der Waals surface area contributed by atoms with Gasteiger partial charge in [-0.15, -0.1) is 11.8 Å². The van der Waals surface area contributed by atoms with E-state index in [1.165, 1.54) is 16.7 Å². The van der Waals surface area contributed by atoms with E-state index < -0.39 is 0 Å². The number of ketones is 1. The van der Waals surface area contributed by atoms with Crippen molar-refractivity contribution in [3.8, 4) is 0 Å². The molecular weight excluding hydrogens is 264 g/mol. The van der Waals surface area contributed by atoms with Crippen LogP contribution in [0, 0.1) is 13.8 Å². The van der Waals surface area contributed by atoms with Gasteiger partial charge in [-0.3, -0.25) is 4.79 Å². The molecule has 0 aromatic heterocycles. The van der Waals surface area contributed by atoms with Crippen LogP contribution in [0.3, 0.4) is 0 Å². The van der Waals surface area contributed by atoms with E-state index in [0.29, 0.717) is 0 Å². The zero-order chi connectivity index (χ0) is 14.5. The maximum atomic E-state index is 12.4. The summed E-state index contributed by atoms with van der Waals surface area (Å²) in [6, 6.07) is 16.2. The highest BCUT2D eigenvalue weighted by Crippen LogP contribution is 2.22. The van der Waals surface area contributed by atoms with Crippen molar-refractivity contribution < 1.29 is 4.79 Å². The van der Waals surface area contributed by atoms with Crippen molar-refractivity contribution in [2.24, 2.45) is 0 Å². The molecule has 0 aliphatic rings. The van der Waals surface area contributed by atoms with Crippen LogP contribution in [0.2, 0.25) is 0 Å². The van der Waals surface area contributed by atoms with Gasteiger partial charge in [0.1, 0.15) is 0 Å². The number of carbonyl (C=O) groups excluding carboxylic acids is 1. The molecule has 0 amide bonds. The molecule has 0 saturated heterocycles. The van der Waals surface area contributed by atoms with Crippen LogP contribution in [-0.4, -0.2) is 11.0 Å². The summed E-state index contributed by atoms with van der Waals surface area (Å²) in [5.74, 6) is 1.09. The lowest BCUT2D eigenvalue weighted by molar-refractivity contribution is 0.0994. The first-order valence-corrected chi connectivity index (χ1v) is 7.90. The van der Waals surface area contributed by atoms with Gasteiger partial charge in [0.05, 0.1) is 5.25 Å². The molecule has 1 atom stereocenters. The number of thioether (sulfide) groups is 1. The molecular formula is C18H20OS. The Morgan fingerprint density at radius 1 is 1.05 bits per heavy atom. The first-order valence-electron chi connectivity index (χ1n) is 6.85. The minimum absolute atomic E-state index is 0.0164. The monoisotopic (exact) mass is 284 g/mol. The Hall–Kier alpha value is -1.54. The molecule has 20 heavy (non-hydrogen) atoms. The molecule has 0 aliphatic carbocycles. The fraction of sp³-hybridized carbons (Fsp3) is 0.278. The number of benzene rings is 2. The fourth-order valence-electron chi connectivity index (χ4n) is 2.00. The van der Waals surface area contributed by atoms with Crippen LogP contribution in [-0.2, 0) is 5.75 Å². The van der Waals surface area contributed by atoms with Gasteiger partial charge in [-0.1, -0.05) is 42.5 Å². The Labute approximate surface area is 125 Å². The van der Waals surface area contributed by atoms with E-state index in [9.17, 15) is 4.79 Å². The molecule has 2 rings (SSSR count). The van der Waals surface area contributed by atoms with Gasteiger partial charge in [0.25, 0.3) is 0 Å². The van der Waals surface area contributed by atoms with Gasteiger partial charge in [-0.25, -0.2) is 0 Å². The minimum Gasteiger partial charge on any atom is -0.293 e. The van der Waals surface area contributed by atoms with Gasteiger partial charge >= 0.3 is 0 Å². The van der Waals surface area contributed by atoms with E-state index >= 15 is 0 Å². The summed E-state index contributed by atoms with van der Waals surface area (Å²) in [6.45, 7) is 6.11. The van der Waals surface area contributed by atoms with Gasteiger partial charge in [0.15, 0.2) is 5.78 Å². The van der Waals surface area contributed by atoms with E-state index in [1.54, 1.807) is 11.8 Å². The number of carbonyl (C=O) groups is 1. The second kappa shape index (κ2) is 6.76. The van der Waals surface area contributed by atoms with E-state index in [4.69, 9.17) is 0 Å². The SMILES string of the molecule is Cc1ccc(C(=O)C(C)SCc2ccccc2)cc1C. The maximum Gasteiger partial charge on any atom is 0.175 e. The van der Waals surface area contributed by atoms with Crippen LogP contribution in [0.25, 0.3) is 0 Å². The fourth-order valence-corrected chi connectivity index (χ4v) is 2.92. The van der Waals surface area contributed by atoms with Gasteiger partial charge in [0, 0.05) is 11.3 Å². The Bertz CT molecular complexity index is 590. The van der Waals surface area contributed by atoms with Crippen LogP contribution in [0.15, 0.2) is 48.5 Å². The van der Waals surface area contributed by atoms with Crippen molar-refractivity contribution in [3.05, 3.63) is 70.8 Å². The average molecular weight is 284 g/mol. The molecule has 2 heteroatoms. The molecule has 0 radical (unpaired) electrons. The number of aryl methyl sites for hydroxylation is 2. The quantitative estimate of drug-likeness (QED) is 0.733. The van der Waals surface area contributed by atoms with Gasteiger partial charge in [-0.2, -0.15) is 0 Å². The molecule has 0 fully saturated rings. The van der Waals surface area contributed by atoms with Crippen molar-refractivity contribution >= 4 is 17.5 Å². The molecule has 0 saturated carbocycles. The second-order valence-electron chi connectivity index (χ2n) is 5.10. The highest BCUT2D eigenvalue weighted by Gasteiger charge is 2.16. The summed E-state index contributed by atoms with van der Waals surface area (Å²) >= 11 is 1.69. The van der Waals surface area contributed by atoms with Crippen LogP contribution in [0.5, 0.6) is 0 Å². The molecule has 2 aromatic carbocycles. The number of hydrogen-bond acceptors (Lipinski definition) is 2. The molecule has 0 spiro atoms. The summed E-state index contributed by atoms with van der Waals surface area (Å²) in [5, 5.41) is -0.0164. The highest BCUT2D eigenvalue weighted by molar-refractivity contribution is 7.99. The topological polar surface area (TPSA) is 17.1 Å². The van der Waals surface area contributed by atoms with E-state index in [1.807, 2.05) is 50.2 Å². The normalized spacial score (nSPS) is 12.2. The summed E-state index contributed by atoms with van der Waals surface area (Å²) in [6.07, 6.45) is 0. The maximum absolute atomic E-state index is 12.4. The van der Waals surface area contributed by atoms with Crippen LogP contribution in [0.1, 0.15) is 34.0 Å². The predicted molar refractivity (Wildman–Crippen MR) is 87.4 cm³/mol. The number of hydrogen-bond donors (Lipinski definition) is 0. The van der Waals surface area contributed by atoms with Crippen molar-refractivity contribution in [1.82, 2.24) is 0 Å². The molecule has 2 aromatic rings. The molecule has 0 bridgehead atoms. The third-order valence-corrected chi connectivity index (χ3v) is 4.72. The van der Waals surface area contributed by atoms with Crippen LogP contribution < -0.4 is 0 Å². The van der Waals surface area contributed by atoms with Gasteiger partial charge in [-0.05, 0) is 43.5 Å². The van der Waals surface area contributed by atoms with E-state index in [-0.39, 0.29) is 11.0 Å². The summed E-state index contributed by atoms with van der Waals surface area (Å²) in [4.78, 5) is 12.4. The lowest BCUT2D eigenvalue weighted by Gasteiger charge is -2.11. The van der Waals surface area contributed by atoms with E-state index in [0.717, 1.165) is 11.3 Å². The van der Waals surface area contributed by atoms with Gasteiger partial charge < -0.3 is 0 Å². The standard InChI is InChI=1S/C18H20OS/c1-13-9-10-17(11-14(13)2)18(19)15(3)20-12-16-7-5-4-6-8-16/h4-11,15H,12H2,1-3H3. The Morgan fingerprint density at radius 3 is 2.40 bits per heavy atom. The molecule has 1 nitrogen and oxygen atoms in total. The number of rotatable bonds is 5. The van der Waals surface area contributed by atoms with E-state index in [2.05, 4.69) is 19.1 Å². The lowest BCUT2D eigenvalue weighted by Crippen LogP contribution is -2.14. The zero-order valence-corrected chi connectivity index (χ0v) is 13.0. The largest absolute Gasteiger partial charge is 0.293 e. The number of Topliss-reactive ketones (excluding diaryl/α,β-unsaturated/α-hetero) is 1. The smallest absolute Gasteiger partial charge is 0.175 e. The van der Waals surface area contributed by atoms with Crippen LogP contribution in [0.4, 0.5) is 0 Å².